The summed E-state index contributed by atoms with van der Waals surface area (Å²) in [6.45, 7) is 0. The molecule has 1 aromatic rings. The zero-order valence-electron chi connectivity index (χ0n) is 7.19. The summed E-state index contributed by atoms with van der Waals surface area (Å²) in [6.07, 6.45) is 4.22. The number of nitrogens with zero attached hydrogens (tertiary/aromatic N) is 2. The second-order valence-corrected chi connectivity index (χ2v) is 2.31. The molecule has 68 valence electrons. The van der Waals surface area contributed by atoms with E-state index in [0.717, 1.165) is 0 Å². The molecule has 0 spiro atoms. The van der Waals surface area contributed by atoms with Crippen molar-refractivity contribution in [1.29, 1.82) is 0 Å². The first-order valence-electron chi connectivity index (χ1n) is 3.69. The maximum absolute atomic E-state index is 10.9. The number of amides is 1. The summed E-state index contributed by atoms with van der Waals surface area (Å²) >= 11 is 0. The molecule has 0 bridgehead atoms. The van der Waals surface area contributed by atoms with Gasteiger partial charge in [-0.25, -0.2) is 9.97 Å². The molecule has 0 atom stereocenters. The molecular weight excluding hydrogens is 168 g/mol. The van der Waals surface area contributed by atoms with Gasteiger partial charge in [0.15, 0.2) is 0 Å². The Labute approximate surface area is 75.7 Å². The van der Waals surface area contributed by atoms with Gasteiger partial charge in [0, 0.05) is 19.3 Å². The number of aromatic nitrogens is 2. The lowest BCUT2D eigenvalue weighted by Gasteiger charge is -1.98. The fourth-order valence-electron chi connectivity index (χ4n) is 0.749. The van der Waals surface area contributed by atoms with Crippen molar-refractivity contribution in [3.8, 4) is 0 Å². The number of carbonyl (C=O) groups is 1. The third-order valence-electron chi connectivity index (χ3n) is 1.41. The Morgan fingerprint density at radius 1 is 1.69 bits per heavy atom. The van der Waals surface area contributed by atoms with E-state index in [2.05, 4.69) is 15.3 Å². The van der Waals surface area contributed by atoms with E-state index in [1.54, 1.807) is 12.3 Å². The largest absolute Gasteiger partial charge is 0.397 e. The monoisotopic (exact) mass is 178 g/mol. The number of carbonyl (C=O) groups excluding carboxylic acids is 1. The minimum absolute atomic E-state index is 0.254. The van der Waals surface area contributed by atoms with Crippen molar-refractivity contribution in [3.05, 3.63) is 30.4 Å². The average molecular weight is 178 g/mol. The average Bonchev–Trinajstić information content (AvgIpc) is 2.19. The maximum atomic E-state index is 10.9. The molecule has 1 rings (SSSR count). The topological polar surface area (TPSA) is 80.9 Å². The van der Waals surface area contributed by atoms with E-state index in [1.165, 1.54) is 19.5 Å². The quantitative estimate of drug-likeness (QED) is 0.599. The smallest absolute Gasteiger partial charge is 0.245 e. The lowest BCUT2D eigenvalue weighted by molar-refractivity contribution is -0.116. The van der Waals surface area contributed by atoms with E-state index >= 15 is 0 Å². The summed E-state index contributed by atoms with van der Waals surface area (Å²) in [7, 11) is 1.53. The first kappa shape index (κ1) is 9.18. The summed E-state index contributed by atoms with van der Waals surface area (Å²) in [6, 6.07) is 1.63. The molecule has 1 amide bonds. The van der Waals surface area contributed by atoms with Gasteiger partial charge in [-0.1, -0.05) is 0 Å². The van der Waals surface area contributed by atoms with E-state index in [-0.39, 0.29) is 5.91 Å². The summed E-state index contributed by atoms with van der Waals surface area (Å²) in [5.41, 5.74) is 6.44. The van der Waals surface area contributed by atoms with Crippen molar-refractivity contribution >= 4 is 11.6 Å². The minimum Gasteiger partial charge on any atom is -0.397 e. The van der Waals surface area contributed by atoms with Crippen LogP contribution in [0, 0.1) is 0 Å². The van der Waals surface area contributed by atoms with E-state index in [0.29, 0.717) is 11.4 Å². The van der Waals surface area contributed by atoms with E-state index in [4.69, 9.17) is 5.73 Å². The van der Waals surface area contributed by atoms with E-state index < -0.39 is 0 Å². The number of hydrogen-bond acceptors (Lipinski definition) is 4. The highest BCUT2D eigenvalue weighted by molar-refractivity contribution is 5.93. The van der Waals surface area contributed by atoms with Crippen molar-refractivity contribution in [2.45, 2.75) is 0 Å². The predicted octanol–water partition coefficient (Wildman–Crippen LogP) is -0.478. The molecule has 5 nitrogen and oxygen atoms in total. The summed E-state index contributed by atoms with van der Waals surface area (Å²) in [5, 5.41) is 2.43. The molecule has 1 heterocycles. The van der Waals surface area contributed by atoms with Crippen molar-refractivity contribution < 1.29 is 4.79 Å². The second-order valence-electron chi connectivity index (χ2n) is 2.31. The van der Waals surface area contributed by atoms with Gasteiger partial charge in [-0.2, -0.15) is 0 Å². The molecule has 13 heavy (non-hydrogen) atoms. The molecule has 3 N–H and O–H groups in total. The number of likely N-dealkylation sites (N-methyl/N-ethyl adjacent to an activating group) is 1. The van der Waals surface area contributed by atoms with Crippen LogP contribution in [0.15, 0.2) is 24.7 Å². The Morgan fingerprint density at radius 2 is 2.46 bits per heavy atom. The molecule has 0 aliphatic carbocycles. The molecule has 0 unspecified atom stereocenters. The Hall–Kier alpha value is -1.91. The van der Waals surface area contributed by atoms with Crippen LogP contribution in [0.3, 0.4) is 0 Å². The van der Waals surface area contributed by atoms with Crippen LogP contribution in [-0.4, -0.2) is 22.9 Å². The first-order chi connectivity index (χ1) is 6.24. The highest BCUT2D eigenvalue weighted by Crippen LogP contribution is 2.01. The van der Waals surface area contributed by atoms with Crippen LogP contribution in [0.25, 0.3) is 5.70 Å². The van der Waals surface area contributed by atoms with Crippen LogP contribution in [0.5, 0.6) is 0 Å². The van der Waals surface area contributed by atoms with E-state index in [1.807, 2.05) is 0 Å². The maximum Gasteiger partial charge on any atom is 0.245 e. The third kappa shape index (κ3) is 2.55. The SMILES string of the molecule is CNC(=O)/C=C(\N)c1ccncn1. The van der Waals surface area contributed by atoms with Gasteiger partial charge in [0.2, 0.25) is 5.91 Å². The molecule has 5 heteroatoms. The normalized spacial score (nSPS) is 11.0. The highest BCUT2D eigenvalue weighted by atomic mass is 16.1. The molecule has 0 fully saturated rings. The molecular formula is C8H10N4O. The van der Waals surface area contributed by atoms with Crippen LogP contribution >= 0.6 is 0 Å². The zero-order chi connectivity index (χ0) is 9.68. The van der Waals surface area contributed by atoms with Gasteiger partial charge in [0.25, 0.3) is 0 Å². The first-order valence-corrected chi connectivity index (χ1v) is 3.69. The highest BCUT2D eigenvalue weighted by Gasteiger charge is 1.99. The second kappa shape index (κ2) is 4.20. The van der Waals surface area contributed by atoms with Gasteiger partial charge in [0.1, 0.15) is 6.33 Å². The number of nitrogens with two attached hydrogens (primary N) is 1. The van der Waals surface area contributed by atoms with Crippen molar-refractivity contribution in [2.24, 2.45) is 5.73 Å². The summed E-state index contributed by atoms with van der Waals surface area (Å²) in [5.74, 6) is -0.254. The molecule has 0 radical (unpaired) electrons. The fourth-order valence-corrected chi connectivity index (χ4v) is 0.749. The Balaban J connectivity index is 2.85. The lowest BCUT2D eigenvalue weighted by atomic mass is 10.3. The van der Waals surface area contributed by atoms with Gasteiger partial charge in [-0.15, -0.1) is 0 Å². The standard InChI is InChI=1S/C8H10N4O/c1-10-8(13)4-6(9)7-2-3-11-5-12-7/h2-5H,9H2,1H3,(H,10,13)/b6-4-. The van der Waals surface area contributed by atoms with E-state index in [9.17, 15) is 4.79 Å². The Morgan fingerprint density at radius 3 is 3.00 bits per heavy atom. The van der Waals surface area contributed by atoms with Gasteiger partial charge >= 0.3 is 0 Å². The van der Waals surface area contributed by atoms with Gasteiger partial charge in [-0.3, -0.25) is 4.79 Å². The number of nitrogens with one attached hydrogen (secondary N) is 1. The molecule has 0 aliphatic rings. The van der Waals surface area contributed by atoms with Crippen molar-refractivity contribution in [2.75, 3.05) is 7.05 Å². The summed E-state index contributed by atoms with van der Waals surface area (Å²) < 4.78 is 0. The third-order valence-corrected chi connectivity index (χ3v) is 1.41. The summed E-state index contributed by atoms with van der Waals surface area (Å²) in [4.78, 5) is 18.5. The lowest BCUT2D eigenvalue weighted by Crippen LogP contribution is -2.16. The van der Waals surface area contributed by atoms with Crippen molar-refractivity contribution in [1.82, 2.24) is 15.3 Å². The fraction of sp³-hybridized carbons (Fsp3) is 0.125. The molecule has 1 aromatic heterocycles. The predicted molar refractivity (Wildman–Crippen MR) is 48.3 cm³/mol. The minimum atomic E-state index is -0.254. The number of hydrogen-bond donors (Lipinski definition) is 2. The van der Waals surface area contributed by atoms with Gasteiger partial charge < -0.3 is 11.1 Å². The van der Waals surface area contributed by atoms with Crippen LogP contribution in [-0.2, 0) is 4.79 Å². The van der Waals surface area contributed by atoms with Gasteiger partial charge in [-0.05, 0) is 6.07 Å². The Kier molecular flexibility index (Phi) is 2.97. The van der Waals surface area contributed by atoms with Crippen LogP contribution in [0.4, 0.5) is 0 Å². The van der Waals surface area contributed by atoms with Crippen molar-refractivity contribution in [3.63, 3.8) is 0 Å². The molecule has 0 aromatic carbocycles. The molecule has 0 aliphatic heterocycles. The van der Waals surface area contributed by atoms with Crippen LogP contribution < -0.4 is 11.1 Å². The molecule has 0 saturated heterocycles. The zero-order valence-corrected chi connectivity index (χ0v) is 7.19. The molecule has 0 saturated carbocycles. The van der Waals surface area contributed by atoms with Gasteiger partial charge in [0.05, 0.1) is 11.4 Å². The Bertz CT molecular complexity index is 320. The van der Waals surface area contributed by atoms with Crippen LogP contribution in [0.2, 0.25) is 0 Å². The number of rotatable bonds is 2. The van der Waals surface area contributed by atoms with Crippen LogP contribution in [0.1, 0.15) is 5.69 Å².